The van der Waals surface area contributed by atoms with E-state index in [0.29, 0.717) is 0 Å². The van der Waals surface area contributed by atoms with Gasteiger partial charge >= 0.3 is 5.97 Å². The fraction of sp³-hybridized carbons (Fsp3) is 0.417. The number of halogens is 1. The molecule has 0 fully saturated rings. The number of hydrogen-bond acceptors (Lipinski definition) is 3. The average Bonchev–Trinajstić information content (AvgIpc) is 2.25. The zero-order valence-corrected chi connectivity index (χ0v) is 11.6. The van der Waals surface area contributed by atoms with Crippen LogP contribution in [0.5, 0.6) is 0 Å². The molecular formula is C12H17BrN2O2. The summed E-state index contributed by atoms with van der Waals surface area (Å²) in [5.41, 5.74) is 1.21. The van der Waals surface area contributed by atoms with Crippen LogP contribution < -0.4 is 5.32 Å². The molecule has 0 radical (unpaired) electrons. The third-order valence-corrected chi connectivity index (χ3v) is 2.97. The zero-order valence-electron chi connectivity index (χ0n) is 10.0. The third kappa shape index (κ3) is 4.75. The maximum atomic E-state index is 10.8. The lowest BCUT2D eigenvalue weighted by atomic mass is 10.2. The average molecular weight is 301 g/mol. The van der Waals surface area contributed by atoms with Crippen LogP contribution in [0.2, 0.25) is 0 Å². The first-order valence-corrected chi connectivity index (χ1v) is 6.21. The maximum absolute atomic E-state index is 10.8. The predicted octanol–water partition coefficient (Wildman–Crippen LogP) is 2.51. The van der Waals surface area contributed by atoms with Crippen molar-refractivity contribution in [3.63, 3.8) is 0 Å². The number of nitrogens with one attached hydrogen (secondary N) is 1. The minimum absolute atomic E-state index is 0.288. The zero-order chi connectivity index (χ0) is 12.8. The van der Waals surface area contributed by atoms with Gasteiger partial charge in [-0.15, -0.1) is 0 Å². The Morgan fingerprint density at radius 1 is 1.47 bits per heavy atom. The highest BCUT2D eigenvalue weighted by molar-refractivity contribution is 9.10. The van der Waals surface area contributed by atoms with Crippen LogP contribution in [0.3, 0.4) is 0 Å². The lowest BCUT2D eigenvalue weighted by Gasteiger charge is -2.12. The second-order valence-electron chi connectivity index (χ2n) is 4.08. The number of benzene rings is 1. The number of carboxylic acid groups (broad SMARTS) is 1. The van der Waals surface area contributed by atoms with Crippen molar-refractivity contribution in [3.8, 4) is 0 Å². The first-order chi connectivity index (χ1) is 8.00. The molecule has 0 spiro atoms. The Balaban J connectivity index is 2.52. The molecular weight excluding hydrogens is 284 g/mol. The quantitative estimate of drug-likeness (QED) is 0.793. The van der Waals surface area contributed by atoms with Gasteiger partial charge in [0.05, 0.1) is 5.56 Å². The molecule has 0 bridgehead atoms. The van der Waals surface area contributed by atoms with Gasteiger partial charge in [0.1, 0.15) is 0 Å². The number of carboxylic acids is 1. The summed E-state index contributed by atoms with van der Waals surface area (Å²) in [5.74, 6) is -0.912. The van der Waals surface area contributed by atoms with E-state index in [1.165, 1.54) is 0 Å². The van der Waals surface area contributed by atoms with E-state index in [9.17, 15) is 4.79 Å². The molecule has 0 aromatic heterocycles. The summed E-state index contributed by atoms with van der Waals surface area (Å²) >= 11 is 3.36. The molecule has 4 nitrogen and oxygen atoms in total. The highest BCUT2D eigenvalue weighted by Gasteiger charge is 2.06. The van der Waals surface area contributed by atoms with Crippen molar-refractivity contribution in [1.82, 2.24) is 4.90 Å². The standard InChI is InChI=1S/C12H17BrN2O2/c1-15(2)7-3-6-14-11-5-4-9(12(16)17)8-10(11)13/h4-5,8,14H,3,6-7H2,1-2H3,(H,16,17). The van der Waals surface area contributed by atoms with Crippen LogP contribution in [-0.2, 0) is 0 Å². The number of aromatic carboxylic acids is 1. The maximum Gasteiger partial charge on any atom is 0.335 e. The van der Waals surface area contributed by atoms with Gasteiger partial charge in [-0.2, -0.15) is 0 Å². The van der Waals surface area contributed by atoms with Crippen molar-refractivity contribution in [2.45, 2.75) is 6.42 Å². The minimum atomic E-state index is -0.912. The molecule has 0 atom stereocenters. The Hall–Kier alpha value is -1.07. The third-order valence-electron chi connectivity index (χ3n) is 2.31. The molecule has 1 aromatic carbocycles. The molecule has 0 unspecified atom stereocenters. The minimum Gasteiger partial charge on any atom is -0.478 e. The predicted molar refractivity (Wildman–Crippen MR) is 72.8 cm³/mol. The van der Waals surface area contributed by atoms with Gasteiger partial charge in [0, 0.05) is 16.7 Å². The Morgan fingerprint density at radius 3 is 2.71 bits per heavy atom. The van der Waals surface area contributed by atoms with E-state index in [1.807, 2.05) is 14.1 Å². The summed E-state index contributed by atoms with van der Waals surface area (Å²) in [6, 6.07) is 4.99. The van der Waals surface area contributed by atoms with Crippen LogP contribution in [0, 0.1) is 0 Å². The smallest absolute Gasteiger partial charge is 0.335 e. The van der Waals surface area contributed by atoms with Gasteiger partial charge in [0.2, 0.25) is 0 Å². The van der Waals surface area contributed by atoms with E-state index in [1.54, 1.807) is 18.2 Å². The fourth-order valence-electron chi connectivity index (χ4n) is 1.41. The van der Waals surface area contributed by atoms with E-state index in [-0.39, 0.29) is 5.56 Å². The molecule has 94 valence electrons. The molecule has 5 heteroatoms. The summed E-state index contributed by atoms with van der Waals surface area (Å²) in [4.78, 5) is 12.9. The van der Waals surface area contributed by atoms with Gasteiger partial charge in [0.25, 0.3) is 0 Å². The van der Waals surface area contributed by atoms with Crippen LogP contribution in [-0.4, -0.2) is 43.2 Å². The molecule has 1 rings (SSSR count). The van der Waals surface area contributed by atoms with E-state index < -0.39 is 5.97 Å². The lowest BCUT2D eigenvalue weighted by molar-refractivity contribution is 0.0697. The monoisotopic (exact) mass is 300 g/mol. The van der Waals surface area contributed by atoms with Gasteiger partial charge in [-0.3, -0.25) is 0 Å². The van der Waals surface area contributed by atoms with Crippen molar-refractivity contribution in [3.05, 3.63) is 28.2 Å². The molecule has 2 N–H and O–H groups in total. The van der Waals surface area contributed by atoms with Crippen molar-refractivity contribution < 1.29 is 9.90 Å². The van der Waals surface area contributed by atoms with Crippen LogP contribution >= 0.6 is 15.9 Å². The summed E-state index contributed by atoms with van der Waals surface area (Å²) in [7, 11) is 4.08. The Bertz CT molecular complexity index is 394. The van der Waals surface area contributed by atoms with Crippen LogP contribution in [0.4, 0.5) is 5.69 Å². The van der Waals surface area contributed by atoms with E-state index >= 15 is 0 Å². The van der Waals surface area contributed by atoms with E-state index in [4.69, 9.17) is 5.11 Å². The van der Waals surface area contributed by atoms with Crippen molar-refractivity contribution >= 4 is 27.6 Å². The summed E-state index contributed by atoms with van der Waals surface area (Å²) in [5, 5.41) is 12.1. The Kier molecular flexibility index (Phi) is 5.44. The molecule has 17 heavy (non-hydrogen) atoms. The Labute approximate surface area is 110 Å². The van der Waals surface area contributed by atoms with Crippen molar-refractivity contribution in [1.29, 1.82) is 0 Å². The summed E-state index contributed by atoms with van der Waals surface area (Å²) in [6.07, 6.45) is 1.04. The highest BCUT2D eigenvalue weighted by atomic mass is 79.9. The van der Waals surface area contributed by atoms with Crippen molar-refractivity contribution in [2.24, 2.45) is 0 Å². The number of anilines is 1. The molecule has 0 saturated carbocycles. The lowest BCUT2D eigenvalue weighted by Crippen LogP contribution is -2.16. The topological polar surface area (TPSA) is 52.6 Å². The second kappa shape index (κ2) is 6.61. The van der Waals surface area contributed by atoms with Crippen molar-refractivity contribution in [2.75, 3.05) is 32.5 Å². The Morgan fingerprint density at radius 2 is 2.18 bits per heavy atom. The first-order valence-electron chi connectivity index (χ1n) is 5.42. The number of hydrogen-bond donors (Lipinski definition) is 2. The van der Waals surface area contributed by atoms with Gasteiger partial charge in [-0.05, 0) is 61.2 Å². The van der Waals surface area contributed by atoms with E-state index in [2.05, 4.69) is 26.1 Å². The first kappa shape index (κ1) is 14.0. The van der Waals surface area contributed by atoms with Crippen LogP contribution in [0.1, 0.15) is 16.8 Å². The molecule has 0 amide bonds. The molecule has 0 heterocycles. The van der Waals surface area contributed by atoms with Gasteiger partial charge < -0.3 is 15.3 Å². The second-order valence-corrected chi connectivity index (χ2v) is 4.94. The van der Waals surface area contributed by atoms with Gasteiger partial charge in [-0.25, -0.2) is 4.79 Å². The normalized spacial score (nSPS) is 10.6. The number of rotatable bonds is 6. The molecule has 0 aliphatic rings. The highest BCUT2D eigenvalue weighted by Crippen LogP contribution is 2.23. The SMILES string of the molecule is CN(C)CCCNc1ccc(C(=O)O)cc1Br. The van der Waals surface area contributed by atoms with Crippen LogP contribution in [0.25, 0.3) is 0 Å². The largest absolute Gasteiger partial charge is 0.478 e. The molecule has 0 aliphatic heterocycles. The fourth-order valence-corrected chi connectivity index (χ4v) is 1.93. The number of nitrogens with zero attached hydrogens (tertiary/aromatic N) is 1. The number of carbonyl (C=O) groups is 1. The van der Waals surface area contributed by atoms with Gasteiger partial charge in [-0.1, -0.05) is 0 Å². The summed E-state index contributed by atoms with van der Waals surface area (Å²) < 4.78 is 0.780. The molecule has 0 aliphatic carbocycles. The molecule has 1 aromatic rings. The van der Waals surface area contributed by atoms with Gasteiger partial charge in [0.15, 0.2) is 0 Å². The molecule has 0 saturated heterocycles. The van der Waals surface area contributed by atoms with Crippen LogP contribution in [0.15, 0.2) is 22.7 Å². The van der Waals surface area contributed by atoms with E-state index in [0.717, 1.165) is 29.7 Å². The summed E-state index contributed by atoms with van der Waals surface area (Å²) in [6.45, 7) is 1.89.